The molecule has 1 radical (unpaired) electrons. The van der Waals surface area contributed by atoms with Gasteiger partial charge in [-0.25, -0.2) is 6.16 Å². The van der Waals surface area contributed by atoms with Gasteiger partial charge in [0, 0.05) is 70.4 Å². The van der Waals surface area contributed by atoms with E-state index in [0.717, 1.165) is 6.16 Å². The van der Waals surface area contributed by atoms with Crippen LogP contribution in [0.2, 0.25) is 0 Å². The Morgan fingerprint density at radius 1 is 1.58 bits per heavy atom. The summed E-state index contributed by atoms with van der Waals surface area (Å²) >= 11 is 0. The smallest absolute Gasteiger partial charge is 0.186 e. The first kappa shape index (κ1) is 19.8. The standard InChI is InChI=1S/C5H12O4P.U.Y/c1-3-8-5-9-10(6,7)4-2;;/h4H,3,5H2,1-2H3,(H,6,7);;/q-1;;. The average molecular weight is 494 g/mol. The Hall–Kier alpha value is 2.27. The Kier molecular flexibility index (Phi) is 18.7. The Bertz CT molecular complexity index is 135. The van der Waals surface area contributed by atoms with Crippen molar-refractivity contribution in [2.24, 2.45) is 0 Å². The molecule has 4 nitrogen and oxygen atoms in total. The summed E-state index contributed by atoms with van der Waals surface area (Å²) < 4.78 is 19.8. The molecule has 0 heterocycles. The second-order valence-electron chi connectivity index (χ2n) is 1.56. The molecule has 0 aromatic heterocycles. The van der Waals surface area contributed by atoms with Crippen molar-refractivity contribution in [1.82, 2.24) is 0 Å². The summed E-state index contributed by atoms with van der Waals surface area (Å²) in [5, 5.41) is 0. The molecular weight excluding hydrogens is 482 g/mol. The van der Waals surface area contributed by atoms with Crippen molar-refractivity contribution < 1.29 is 82.5 Å². The fraction of sp³-hybridized carbons (Fsp3) is 0.800. The summed E-state index contributed by atoms with van der Waals surface area (Å²) in [6, 6.07) is 0. The molecule has 0 amide bonds. The van der Waals surface area contributed by atoms with Crippen LogP contribution < -0.4 is 0 Å². The Balaban J connectivity index is -0.000000405. The van der Waals surface area contributed by atoms with Crippen LogP contribution in [0.15, 0.2) is 0 Å². The summed E-state index contributed by atoms with van der Waals surface area (Å²) in [5.74, 6) is 0. The zero-order valence-corrected chi connectivity index (χ0v) is 15.1. The molecule has 12 heavy (non-hydrogen) atoms. The number of hydrogen-bond donors (Lipinski definition) is 1. The molecule has 1 unspecified atom stereocenters. The minimum absolute atomic E-state index is 0. The van der Waals surface area contributed by atoms with Crippen molar-refractivity contribution in [3.8, 4) is 0 Å². The normalized spacial score (nSPS) is 13.9. The van der Waals surface area contributed by atoms with Crippen LogP contribution in [0.25, 0.3) is 0 Å². The minimum Gasteiger partial charge on any atom is -0.355 e. The van der Waals surface area contributed by atoms with Crippen LogP contribution in [-0.4, -0.2) is 18.3 Å². The monoisotopic (exact) mass is 494 g/mol. The molecule has 0 aromatic rings. The molecule has 0 aliphatic heterocycles. The van der Waals surface area contributed by atoms with Gasteiger partial charge in [-0.2, -0.15) is 6.92 Å². The van der Waals surface area contributed by atoms with E-state index in [1.807, 2.05) is 0 Å². The van der Waals surface area contributed by atoms with Crippen molar-refractivity contribution in [2.45, 2.75) is 13.8 Å². The summed E-state index contributed by atoms with van der Waals surface area (Å²) in [4.78, 5) is 8.75. The van der Waals surface area contributed by atoms with E-state index in [0.29, 0.717) is 6.61 Å². The second-order valence-corrected chi connectivity index (χ2v) is 3.46. The summed E-state index contributed by atoms with van der Waals surface area (Å²) in [5.41, 5.74) is 0. The van der Waals surface area contributed by atoms with Crippen LogP contribution >= 0.6 is 7.60 Å². The van der Waals surface area contributed by atoms with Gasteiger partial charge in [0.15, 0.2) is 14.4 Å². The van der Waals surface area contributed by atoms with Crippen molar-refractivity contribution in [3.05, 3.63) is 6.16 Å². The maximum absolute atomic E-state index is 10.7. The molecule has 0 spiro atoms. The molecule has 7 heteroatoms. The maximum atomic E-state index is 10.7. The summed E-state index contributed by atoms with van der Waals surface area (Å²) in [6.07, 6.45) is 1.12. The third-order valence-corrected chi connectivity index (χ3v) is 1.98. The molecule has 0 aromatic carbocycles. The van der Waals surface area contributed by atoms with Crippen LogP contribution in [0.5, 0.6) is 0 Å². The van der Waals surface area contributed by atoms with E-state index in [2.05, 4.69) is 4.52 Å². The van der Waals surface area contributed by atoms with E-state index < -0.39 is 7.60 Å². The van der Waals surface area contributed by atoms with E-state index in [4.69, 9.17) is 9.63 Å². The van der Waals surface area contributed by atoms with Gasteiger partial charge in [-0.1, -0.05) is 0 Å². The van der Waals surface area contributed by atoms with Gasteiger partial charge in [-0.05, 0) is 6.92 Å². The quantitative estimate of drug-likeness (QED) is 0.272. The molecule has 0 bridgehead atoms. The van der Waals surface area contributed by atoms with Gasteiger partial charge in [0.25, 0.3) is 0 Å². The van der Waals surface area contributed by atoms with Crippen molar-refractivity contribution in [3.63, 3.8) is 0 Å². The third-order valence-electron chi connectivity index (χ3n) is 0.851. The molecule has 0 saturated carbocycles. The molecule has 1 N–H and O–H groups in total. The van der Waals surface area contributed by atoms with E-state index >= 15 is 0 Å². The summed E-state index contributed by atoms with van der Waals surface area (Å²) in [7, 11) is -3.45. The van der Waals surface area contributed by atoms with Gasteiger partial charge in [0.2, 0.25) is 0 Å². The Morgan fingerprint density at radius 3 is 2.42 bits per heavy atom. The average Bonchev–Trinajstić information content (AvgIpc) is 1.89. The zero-order chi connectivity index (χ0) is 8.04. The second kappa shape index (κ2) is 11.3. The van der Waals surface area contributed by atoms with Gasteiger partial charge in [0.1, 0.15) is 0 Å². The molecule has 0 fully saturated rings. The van der Waals surface area contributed by atoms with Crippen molar-refractivity contribution in [1.29, 1.82) is 0 Å². The zero-order valence-electron chi connectivity index (χ0n) is 7.19. The summed E-state index contributed by atoms with van der Waals surface area (Å²) in [6.45, 7) is 3.59. The van der Waals surface area contributed by atoms with E-state index in [1.165, 1.54) is 6.92 Å². The van der Waals surface area contributed by atoms with Crippen LogP contribution in [0.4, 0.5) is 0 Å². The molecule has 0 aliphatic carbocycles. The third kappa shape index (κ3) is 12.3. The largest absolute Gasteiger partial charge is 0.355 e. The maximum Gasteiger partial charge on any atom is 0.186 e. The first-order chi connectivity index (χ1) is 4.62. The Labute approximate surface area is 122 Å². The van der Waals surface area contributed by atoms with Crippen LogP contribution in [0.1, 0.15) is 13.8 Å². The molecule has 0 saturated heterocycles. The van der Waals surface area contributed by atoms with Gasteiger partial charge in [0.05, 0.1) is 0 Å². The number of rotatable bonds is 5. The fourth-order valence-corrected chi connectivity index (χ4v) is 0.645. The first-order valence-electron chi connectivity index (χ1n) is 2.97. The Morgan fingerprint density at radius 2 is 2.08 bits per heavy atom. The van der Waals surface area contributed by atoms with Crippen molar-refractivity contribution in [2.75, 3.05) is 13.4 Å². The van der Waals surface area contributed by atoms with E-state index in [1.54, 1.807) is 6.92 Å². The SMILES string of the molecule is C[CH-]P(=O)(O)OCOCC.[U].[Y]. The van der Waals surface area contributed by atoms with E-state index in [-0.39, 0.29) is 70.6 Å². The molecule has 0 aliphatic rings. The van der Waals surface area contributed by atoms with Crippen LogP contribution in [0, 0.1) is 37.3 Å². The van der Waals surface area contributed by atoms with Gasteiger partial charge < -0.3 is 14.2 Å². The van der Waals surface area contributed by atoms with Crippen LogP contribution in [-0.2, 0) is 46.5 Å². The molecule has 1 atom stereocenters. The van der Waals surface area contributed by atoms with E-state index in [9.17, 15) is 4.57 Å². The molecule has 69 valence electrons. The number of ether oxygens (including phenoxy) is 1. The van der Waals surface area contributed by atoms with Gasteiger partial charge in [-0.15, -0.1) is 0 Å². The minimum atomic E-state index is -3.45. The topological polar surface area (TPSA) is 55.8 Å². The van der Waals surface area contributed by atoms with Gasteiger partial charge >= 0.3 is 0 Å². The van der Waals surface area contributed by atoms with Crippen molar-refractivity contribution >= 4 is 7.60 Å². The molecule has 0 rings (SSSR count). The number of hydrogen-bond acceptors (Lipinski definition) is 3. The molecular formula is C5H12O4PUY-. The van der Waals surface area contributed by atoms with Gasteiger partial charge in [-0.3, -0.25) is 4.57 Å². The predicted molar refractivity (Wildman–Crippen MR) is 37.4 cm³/mol. The predicted octanol–water partition coefficient (Wildman–Crippen LogP) is 1.36. The first-order valence-corrected chi connectivity index (χ1v) is 4.62. The van der Waals surface area contributed by atoms with Crippen LogP contribution in [0.3, 0.4) is 0 Å². The fourth-order valence-electron chi connectivity index (χ4n) is 0.271.